The van der Waals surface area contributed by atoms with Crippen molar-refractivity contribution < 1.29 is 9.18 Å². The number of unbranched alkanes of at least 4 members (excludes halogenated alkanes) is 1. The molecule has 2 heterocycles. The largest absolute Gasteiger partial charge is 0.382 e. The molecule has 154 valence electrons. The van der Waals surface area contributed by atoms with Crippen molar-refractivity contribution in [1.29, 1.82) is 0 Å². The van der Waals surface area contributed by atoms with Crippen LogP contribution in [0.4, 0.5) is 21.7 Å². The molecule has 1 aromatic carbocycles. The highest BCUT2D eigenvalue weighted by atomic mass is 19.1. The number of fused-ring (bicyclic) bond motifs is 1. The lowest BCUT2D eigenvalue weighted by atomic mass is 10.1. The van der Waals surface area contributed by atoms with E-state index in [0.29, 0.717) is 24.3 Å². The van der Waals surface area contributed by atoms with Crippen LogP contribution in [0.1, 0.15) is 42.1 Å². The maximum atomic E-state index is 14.2. The molecule has 2 aromatic heterocycles. The van der Waals surface area contributed by atoms with Crippen molar-refractivity contribution in [3.8, 4) is 0 Å². The van der Waals surface area contributed by atoms with Crippen LogP contribution in [0.3, 0.4) is 0 Å². The van der Waals surface area contributed by atoms with Gasteiger partial charge in [-0.05, 0) is 56.6 Å². The number of nitrogens with two attached hydrogens (primary N) is 1. The fraction of sp³-hybridized carbons (Fsp3) is 0.381. The summed E-state index contributed by atoms with van der Waals surface area (Å²) in [5.41, 5.74) is 8.33. The monoisotopic (exact) mass is 398 g/mol. The quantitative estimate of drug-likeness (QED) is 0.402. The number of aromatic nitrogens is 3. The lowest BCUT2D eigenvalue weighted by Gasteiger charge is -2.26. The van der Waals surface area contributed by atoms with Crippen molar-refractivity contribution in [2.24, 2.45) is 0 Å². The minimum Gasteiger partial charge on any atom is -0.382 e. The molecule has 7 nitrogen and oxygen atoms in total. The molecule has 0 saturated carbocycles. The highest BCUT2D eigenvalue weighted by molar-refractivity contribution is 5.90. The van der Waals surface area contributed by atoms with Gasteiger partial charge in [-0.1, -0.05) is 19.4 Å². The third kappa shape index (κ3) is 4.54. The number of carbonyl (C=O) groups is 1. The van der Waals surface area contributed by atoms with E-state index >= 15 is 0 Å². The number of halogens is 1. The van der Waals surface area contributed by atoms with E-state index in [1.54, 1.807) is 12.3 Å². The first-order valence-corrected chi connectivity index (χ1v) is 9.89. The fourth-order valence-corrected chi connectivity index (χ4v) is 3.35. The van der Waals surface area contributed by atoms with Gasteiger partial charge < -0.3 is 16.0 Å². The molecule has 0 amide bonds. The second kappa shape index (κ2) is 9.47. The number of benzene rings is 1. The van der Waals surface area contributed by atoms with E-state index in [1.165, 1.54) is 10.6 Å². The van der Waals surface area contributed by atoms with Crippen molar-refractivity contribution in [2.75, 3.05) is 30.8 Å². The van der Waals surface area contributed by atoms with Gasteiger partial charge in [-0.25, -0.2) is 13.9 Å². The molecule has 3 N–H and O–H groups in total. The Morgan fingerprint density at radius 2 is 2.14 bits per heavy atom. The van der Waals surface area contributed by atoms with Crippen LogP contribution in [-0.4, -0.2) is 41.0 Å². The number of nitrogens with zero attached hydrogens (tertiary/aromatic N) is 4. The van der Waals surface area contributed by atoms with Gasteiger partial charge >= 0.3 is 0 Å². The second-order valence-corrected chi connectivity index (χ2v) is 6.96. The number of hydrogen-bond acceptors (Lipinski definition) is 6. The number of nitrogens with one attached hydrogen (secondary N) is 1. The van der Waals surface area contributed by atoms with Crippen molar-refractivity contribution in [3.05, 3.63) is 47.4 Å². The Morgan fingerprint density at radius 1 is 1.31 bits per heavy atom. The zero-order valence-corrected chi connectivity index (χ0v) is 16.9. The van der Waals surface area contributed by atoms with Crippen LogP contribution in [-0.2, 0) is 6.42 Å². The SMILES string of the molecule is CCCCN(c1ccn2nc(N)c(C=O)c2n1)c1cc(F)ccc1CCCNC. The number of hydrogen-bond donors (Lipinski definition) is 2. The first kappa shape index (κ1) is 20.7. The Kier molecular flexibility index (Phi) is 6.77. The van der Waals surface area contributed by atoms with Crippen LogP contribution in [0.25, 0.3) is 5.65 Å². The molecule has 0 aliphatic carbocycles. The number of nitrogen functional groups attached to an aromatic ring is 1. The summed E-state index contributed by atoms with van der Waals surface area (Å²) in [6.45, 7) is 3.67. The van der Waals surface area contributed by atoms with Gasteiger partial charge in [0.1, 0.15) is 17.2 Å². The molecule has 0 spiro atoms. The Bertz CT molecular complexity index is 987. The van der Waals surface area contributed by atoms with Crippen molar-refractivity contribution in [2.45, 2.75) is 32.6 Å². The molecular weight excluding hydrogens is 371 g/mol. The Balaban J connectivity index is 2.08. The maximum Gasteiger partial charge on any atom is 0.170 e. The van der Waals surface area contributed by atoms with Gasteiger partial charge in [0.15, 0.2) is 17.8 Å². The van der Waals surface area contributed by atoms with Crippen LogP contribution in [0, 0.1) is 5.82 Å². The molecule has 0 aliphatic rings. The predicted octanol–water partition coefficient (Wildman–Crippen LogP) is 3.35. The molecule has 0 atom stereocenters. The summed E-state index contributed by atoms with van der Waals surface area (Å²) >= 11 is 0. The maximum absolute atomic E-state index is 14.2. The van der Waals surface area contributed by atoms with E-state index in [-0.39, 0.29) is 17.2 Å². The minimum absolute atomic E-state index is 0.142. The molecule has 3 aromatic rings. The highest BCUT2D eigenvalue weighted by Crippen LogP contribution is 2.30. The van der Waals surface area contributed by atoms with Gasteiger partial charge in [0, 0.05) is 18.4 Å². The first-order valence-electron chi connectivity index (χ1n) is 9.89. The van der Waals surface area contributed by atoms with E-state index in [9.17, 15) is 9.18 Å². The minimum atomic E-state index is -0.290. The zero-order valence-electron chi connectivity index (χ0n) is 16.9. The van der Waals surface area contributed by atoms with Crippen LogP contribution in [0.15, 0.2) is 30.5 Å². The summed E-state index contributed by atoms with van der Waals surface area (Å²) in [4.78, 5) is 18.1. The van der Waals surface area contributed by atoms with Crippen molar-refractivity contribution in [1.82, 2.24) is 19.9 Å². The highest BCUT2D eigenvalue weighted by Gasteiger charge is 2.18. The van der Waals surface area contributed by atoms with E-state index in [0.717, 1.165) is 43.5 Å². The number of carbonyl (C=O) groups excluding carboxylic acids is 1. The molecule has 3 rings (SSSR count). The van der Waals surface area contributed by atoms with Gasteiger partial charge in [-0.3, -0.25) is 4.79 Å². The topological polar surface area (TPSA) is 88.6 Å². The third-order valence-corrected chi connectivity index (χ3v) is 4.88. The van der Waals surface area contributed by atoms with E-state index < -0.39 is 0 Å². The smallest absolute Gasteiger partial charge is 0.170 e. The lowest BCUT2D eigenvalue weighted by molar-refractivity contribution is 0.112. The first-order chi connectivity index (χ1) is 14.1. The molecule has 0 bridgehead atoms. The average Bonchev–Trinajstić information content (AvgIpc) is 3.04. The summed E-state index contributed by atoms with van der Waals surface area (Å²) in [7, 11) is 1.92. The number of rotatable bonds is 10. The molecule has 0 saturated heterocycles. The van der Waals surface area contributed by atoms with Crippen molar-refractivity contribution in [3.63, 3.8) is 0 Å². The van der Waals surface area contributed by atoms with Crippen LogP contribution >= 0.6 is 0 Å². The summed E-state index contributed by atoms with van der Waals surface area (Å²) in [5, 5.41) is 7.26. The lowest BCUT2D eigenvalue weighted by Crippen LogP contribution is -2.22. The van der Waals surface area contributed by atoms with Crippen LogP contribution in [0.2, 0.25) is 0 Å². The van der Waals surface area contributed by atoms with Gasteiger partial charge in [-0.2, -0.15) is 0 Å². The van der Waals surface area contributed by atoms with Crippen molar-refractivity contribution >= 4 is 29.3 Å². The molecule has 29 heavy (non-hydrogen) atoms. The normalized spacial score (nSPS) is 11.1. The Morgan fingerprint density at radius 3 is 2.86 bits per heavy atom. The molecule has 0 unspecified atom stereocenters. The fourth-order valence-electron chi connectivity index (χ4n) is 3.35. The number of anilines is 3. The van der Waals surface area contributed by atoms with Gasteiger partial charge in [0.25, 0.3) is 0 Å². The standard InChI is InChI=1S/C21H27FN6O/c1-3-4-11-27(18-13-16(22)8-7-15(18)6-5-10-24-2)19-9-12-28-21(25-19)17(14-29)20(23)26-28/h7-9,12-14,24H,3-6,10-11H2,1-2H3,(H2,23,26). The second-order valence-electron chi connectivity index (χ2n) is 6.96. The summed E-state index contributed by atoms with van der Waals surface area (Å²) in [6, 6.07) is 6.70. The van der Waals surface area contributed by atoms with E-state index in [2.05, 4.69) is 22.3 Å². The van der Waals surface area contributed by atoms with E-state index in [1.807, 2.05) is 24.1 Å². The average molecular weight is 398 g/mol. The Hall–Kier alpha value is -3.00. The number of aryl methyl sites for hydroxylation is 1. The Labute approximate surface area is 169 Å². The van der Waals surface area contributed by atoms with Gasteiger partial charge in [-0.15, -0.1) is 5.10 Å². The van der Waals surface area contributed by atoms with Gasteiger partial charge in [0.05, 0.1) is 0 Å². The predicted molar refractivity (Wildman–Crippen MR) is 113 cm³/mol. The summed E-state index contributed by atoms with van der Waals surface area (Å²) in [6.07, 6.45) is 6.05. The van der Waals surface area contributed by atoms with Gasteiger partial charge in [0.2, 0.25) is 0 Å². The van der Waals surface area contributed by atoms with E-state index in [4.69, 9.17) is 5.73 Å². The molecule has 0 fully saturated rings. The number of aldehydes is 1. The third-order valence-electron chi connectivity index (χ3n) is 4.88. The summed E-state index contributed by atoms with van der Waals surface area (Å²) in [5.74, 6) is 0.486. The molecule has 8 heteroatoms. The summed E-state index contributed by atoms with van der Waals surface area (Å²) < 4.78 is 15.7. The molecule has 0 radical (unpaired) electrons. The van der Waals surface area contributed by atoms with Crippen LogP contribution < -0.4 is 16.0 Å². The molecule has 0 aliphatic heterocycles. The zero-order chi connectivity index (χ0) is 20.8. The molecular formula is C21H27FN6O. The van der Waals surface area contributed by atoms with Crippen LogP contribution in [0.5, 0.6) is 0 Å².